The molecule has 0 saturated carbocycles. The normalized spacial score (nSPS) is 13.1. The second-order valence-electron chi connectivity index (χ2n) is 3.90. The van der Waals surface area contributed by atoms with Gasteiger partial charge < -0.3 is 0 Å². The van der Waals surface area contributed by atoms with E-state index in [2.05, 4.69) is 38.2 Å². The van der Waals surface area contributed by atoms with Gasteiger partial charge in [0.15, 0.2) is 0 Å². The van der Waals surface area contributed by atoms with E-state index in [-0.39, 0.29) is 0 Å². The smallest absolute Gasteiger partial charge is 0.0105 e. The van der Waals surface area contributed by atoms with E-state index in [0.29, 0.717) is 5.25 Å². The van der Waals surface area contributed by atoms with Crippen LogP contribution in [0.15, 0.2) is 0 Å². The van der Waals surface area contributed by atoms with Gasteiger partial charge in [0, 0.05) is 11.0 Å². The first-order chi connectivity index (χ1) is 6.81. The summed E-state index contributed by atoms with van der Waals surface area (Å²) in [6.45, 7) is 4.48. The Balaban J connectivity index is 2.92. The molecule has 0 nitrogen and oxygen atoms in total. The Morgan fingerprint density at radius 3 is 2.29 bits per heavy atom. The molecule has 0 aliphatic heterocycles. The summed E-state index contributed by atoms with van der Waals surface area (Å²) in [4.78, 5) is 0. The third-order valence-electron chi connectivity index (χ3n) is 2.42. The molecule has 0 heterocycles. The summed E-state index contributed by atoms with van der Waals surface area (Å²) in [7, 11) is 0. The second kappa shape index (κ2) is 11.8. The van der Waals surface area contributed by atoms with Crippen molar-refractivity contribution in [3.63, 3.8) is 0 Å². The van der Waals surface area contributed by atoms with E-state index in [9.17, 15) is 0 Å². The molecule has 0 spiro atoms. The van der Waals surface area contributed by atoms with Gasteiger partial charge in [0.05, 0.1) is 0 Å². The van der Waals surface area contributed by atoms with Crippen molar-refractivity contribution in [1.82, 2.24) is 0 Å². The number of rotatable bonds is 10. The highest BCUT2D eigenvalue weighted by Crippen LogP contribution is 2.13. The first kappa shape index (κ1) is 14.7. The van der Waals surface area contributed by atoms with Crippen LogP contribution in [0.1, 0.15) is 58.8 Å². The van der Waals surface area contributed by atoms with Crippen molar-refractivity contribution in [3.05, 3.63) is 0 Å². The van der Waals surface area contributed by atoms with Gasteiger partial charge in [-0.15, -0.1) is 0 Å². The lowest BCUT2D eigenvalue weighted by molar-refractivity contribution is 0.627. The molecule has 0 aromatic rings. The largest absolute Gasteiger partial charge is 0.175 e. The molecule has 0 N–H and O–H groups in total. The number of thioether (sulfide) groups is 1. The molecule has 0 bridgehead atoms. The maximum absolute atomic E-state index is 4.48. The molecular weight excluding hydrogens is 208 g/mol. The molecule has 1 unspecified atom stereocenters. The van der Waals surface area contributed by atoms with E-state index < -0.39 is 0 Å². The van der Waals surface area contributed by atoms with Crippen molar-refractivity contribution < 1.29 is 0 Å². The molecule has 0 amide bonds. The lowest BCUT2D eigenvalue weighted by atomic mass is 10.1. The van der Waals surface area contributed by atoms with Crippen LogP contribution in [0.3, 0.4) is 0 Å². The summed E-state index contributed by atoms with van der Waals surface area (Å²) >= 11 is 6.55. The number of unbranched alkanes of at least 4 members (excludes halogenated alkanes) is 5. The third-order valence-corrected chi connectivity index (χ3v) is 4.43. The van der Waals surface area contributed by atoms with Crippen LogP contribution in [0.2, 0.25) is 0 Å². The summed E-state index contributed by atoms with van der Waals surface area (Å²) in [5.41, 5.74) is 0. The lowest BCUT2D eigenvalue weighted by Gasteiger charge is -2.06. The summed E-state index contributed by atoms with van der Waals surface area (Å²) in [5, 5.41) is 0.611. The van der Waals surface area contributed by atoms with E-state index in [4.69, 9.17) is 0 Å². The van der Waals surface area contributed by atoms with Crippen molar-refractivity contribution in [2.75, 3.05) is 11.5 Å². The maximum atomic E-state index is 4.48. The van der Waals surface area contributed by atoms with Crippen molar-refractivity contribution in [2.45, 2.75) is 64.0 Å². The summed E-state index contributed by atoms with van der Waals surface area (Å²) < 4.78 is 0. The molecule has 0 saturated heterocycles. The van der Waals surface area contributed by atoms with Gasteiger partial charge in [-0.1, -0.05) is 46.0 Å². The Labute approximate surface area is 100 Å². The Bertz CT molecular complexity index is 104. The number of thiol groups is 1. The first-order valence-electron chi connectivity index (χ1n) is 6.07. The van der Waals surface area contributed by atoms with Crippen molar-refractivity contribution in [2.24, 2.45) is 0 Å². The third kappa shape index (κ3) is 10.8. The Kier molecular flexibility index (Phi) is 12.4. The molecule has 1 atom stereocenters. The van der Waals surface area contributed by atoms with Gasteiger partial charge in [0.1, 0.15) is 0 Å². The van der Waals surface area contributed by atoms with E-state index in [0.717, 1.165) is 0 Å². The fourth-order valence-electron chi connectivity index (χ4n) is 1.32. The maximum Gasteiger partial charge on any atom is 0.0105 e. The Morgan fingerprint density at radius 2 is 1.64 bits per heavy atom. The predicted molar refractivity (Wildman–Crippen MR) is 73.8 cm³/mol. The van der Waals surface area contributed by atoms with Crippen LogP contribution in [0.25, 0.3) is 0 Å². The van der Waals surface area contributed by atoms with Crippen molar-refractivity contribution in [1.29, 1.82) is 0 Å². The fourth-order valence-corrected chi connectivity index (χ4v) is 2.72. The molecule has 0 aliphatic carbocycles. The minimum absolute atomic E-state index is 0.611. The van der Waals surface area contributed by atoms with Crippen LogP contribution in [-0.2, 0) is 0 Å². The summed E-state index contributed by atoms with van der Waals surface area (Å²) in [6.07, 6.45) is 9.67. The van der Waals surface area contributed by atoms with Crippen LogP contribution in [0.5, 0.6) is 0 Å². The van der Waals surface area contributed by atoms with Crippen molar-refractivity contribution in [3.8, 4) is 0 Å². The zero-order valence-electron chi connectivity index (χ0n) is 9.80. The standard InChI is InChI=1S/C12H26S2/c1-3-5-6-7-8-9-10-14-11-12(13)4-2/h12-13H,3-11H2,1-2H3. The van der Waals surface area contributed by atoms with Gasteiger partial charge in [-0.25, -0.2) is 0 Å². The SMILES string of the molecule is CCCCCCCCSCC(S)CC. The van der Waals surface area contributed by atoms with Crippen LogP contribution in [0, 0.1) is 0 Å². The van der Waals surface area contributed by atoms with Crippen LogP contribution >= 0.6 is 24.4 Å². The van der Waals surface area contributed by atoms with Crippen LogP contribution < -0.4 is 0 Å². The van der Waals surface area contributed by atoms with Gasteiger partial charge in [-0.3, -0.25) is 0 Å². The molecule has 0 radical (unpaired) electrons. The molecule has 0 aromatic carbocycles. The van der Waals surface area contributed by atoms with Gasteiger partial charge in [-0.05, 0) is 18.6 Å². The average molecular weight is 234 g/mol. The van der Waals surface area contributed by atoms with Crippen LogP contribution in [0.4, 0.5) is 0 Å². The first-order valence-corrected chi connectivity index (χ1v) is 7.74. The molecule has 0 fully saturated rings. The fraction of sp³-hybridized carbons (Fsp3) is 1.00. The average Bonchev–Trinajstić information content (AvgIpc) is 2.21. The minimum atomic E-state index is 0.611. The molecule has 86 valence electrons. The van der Waals surface area contributed by atoms with Crippen molar-refractivity contribution >= 4 is 24.4 Å². The van der Waals surface area contributed by atoms with E-state index in [1.54, 1.807) is 0 Å². The highest BCUT2D eigenvalue weighted by Gasteiger charge is 1.98. The zero-order valence-corrected chi connectivity index (χ0v) is 11.5. The Morgan fingerprint density at radius 1 is 1.00 bits per heavy atom. The molecule has 0 rings (SSSR count). The number of hydrogen-bond donors (Lipinski definition) is 1. The molecular formula is C12H26S2. The van der Waals surface area contributed by atoms with Gasteiger partial charge >= 0.3 is 0 Å². The molecule has 0 aromatic heterocycles. The van der Waals surface area contributed by atoms with Crippen LogP contribution in [-0.4, -0.2) is 16.8 Å². The number of hydrogen-bond acceptors (Lipinski definition) is 2. The summed E-state index contributed by atoms with van der Waals surface area (Å²) in [6, 6.07) is 0. The van der Waals surface area contributed by atoms with E-state index in [1.807, 2.05) is 0 Å². The summed E-state index contributed by atoms with van der Waals surface area (Å²) in [5.74, 6) is 2.57. The topological polar surface area (TPSA) is 0 Å². The highest BCUT2D eigenvalue weighted by atomic mass is 32.2. The van der Waals surface area contributed by atoms with E-state index in [1.165, 1.54) is 56.5 Å². The highest BCUT2D eigenvalue weighted by molar-refractivity contribution is 8.00. The molecule has 2 heteroatoms. The van der Waals surface area contributed by atoms with Gasteiger partial charge in [-0.2, -0.15) is 24.4 Å². The van der Waals surface area contributed by atoms with Gasteiger partial charge in [0.25, 0.3) is 0 Å². The quantitative estimate of drug-likeness (QED) is 0.419. The minimum Gasteiger partial charge on any atom is -0.175 e. The van der Waals surface area contributed by atoms with Gasteiger partial charge in [0.2, 0.25) is 0 Å². The lowest BCUT2D eigenvalue weighted by Crippen LogP contribution is -2.00. The zero-order chi connectivity index (χ0) is 10.6. The monoisotopic (exact) mass is 234 g/mol. The Hall–Kier alpha value is 0.700. The molecule has 14 heavy (non-hydrogen) atoms. The predicted octanol–water partition coefficient (Wildman–Crippen LogP) is 4.79. The van der Waals surface area contributed by atoms with E-state index >= 15 is 0 Å². The molecule has 0 aliphatic rings. The second-order valence-corrected chi connectivity index (χ2v) is 5.78.